The zero-order valence-corrected chi connectivity index (χ0v) is 73.2. The number of benzene rings is 8. The van der Waals surface area contributed by atoms with E-state index in [1.807, 2.05) is 121 Å². The van der Waals surface area contributed by atoms with E-state index in [9.17, 15) is 0 Å². The molecular weight excluding hydrogens is 1570 g/mol. The van der Waals surface area contributed by atoms with Gasteiger partial charge >= 0.3 is 24.1 Å². The molecule has 24 nitrogen and oxygen atoms in total. The van der Waals surface area contributed by atoms with Gasteiger partial charge in [-0.1, -0.05) is 79.1 Å². The second kappa shape index (κ2) is 47.9. The van der Waals surface area contributed by atoms with Gasteiger partial charge in [0.1, 0.15) is 69.0 Å². The summed E-state index contributed by atoms with van der Waals surface area (Å²) in [6.07, 6.45) is 23.8. The van der Waals surface area contributed by atoms with Crippen LogP contribution in [0.2, 0.25) is 0 Å². The lowest BCUT2D eigenvalue weighted by atomic mass is 9.90. The van der Waals surface area contributed by atoms with Gasteiger partial charge in [0.05, 0.1) is 79.3 Å². The SMILES string of the molecule is CCCCCOc1c2cc3cc1Cc1cc4cc(c1OCCCCC)Cc1cc5cc(c1OCCCCC)Cc1cc(cc(c1OCCCCC)C2)NC(=O)Nc1cc2cc(c1)OCCCCCCOc1cc(cc(c1)OCCCCCCOc1cc(cc(c1)OCCCCCCOc1cc(cc(c1)OCCCCCCO2)NC(=O)N3)NC(=O)N4)NC(=O)N5. The molecule has 0 saturated carbocycles. The monoisotopic (exact) mass is 1700 g/mol. The summed E-state index contributed by atoms with van der Waals surface area (Å²) < 4.78 is 81.6. The lowest BCUT2D eigenvalue weighted by Crippen LogP contribution is -2.21. The first-order valence-electron chi connectivity index (χ1n) is 45.9. The standard InChI is InChI=1S/C100H128N8O16/c1-5-9-21-41-121-93-69-45-71-51-78-53-73(94(71)122-42-22-10-6-2)47-75-55-80-56-76(96(75)124-44-24-12-8-4)48-74-54-79-52-72(95(74)123-43-23-11-7-3)46-70(93)50-77(49-69)101-97(109)105-81-57-85-65-86(58-81)114-34-26-14-16-28-36-116-88-60-83(107-99(111)103-79)62-90(67-88)118-38-30-18-20-32-40-120-92-64-84(108-100(112)104-80)63-91(68-92)119-39-31-19-17-29-37-117-89-61-82(106-98(110)102-78)59-87(66-89)115-35-27-15-13-25-33-113-85/h49-68H,5-48H2,1-4H3,(H2,101,105,109)(H2,102,106,110)(H2,103,107,111)(H2,104,108,112). The molecule has 5 aliphatic rings. The van der Waals surface area contributed by atoms with E-state index in [4.69, 9.17) is 56.8 Å². The summed E-state index contributed by atoms with van der Waals surface area (Å²) >= 11 is 0. The van der Waals surface area contributed by atoms with E-state index in [-0.39, 0.29) is 25.7 Å². The van der Waals surface area contributed by atoms with E-state index in [1.165, 1.54) is 0 Å². The van der Waals surface area contributed by atoms with Crippen LogP contribution in [0.5, 0.6) is 69.0 Å². The number of urea groups is 4. The van der Waals surface area contributed by atoms with E-state index in [1.54, 1.807) is 0 Å². The number of fused-ring (bicyclic) bond motifs is 16. The molecule has 0 atom stereocenters. The van der Waals surface area contributed by atoms with Gasteiger partial charge in [-0.05, 0) is 177 Å². The van der Waals surface area contributed by atoms with Crippen LogP contribution >= 0.6 is 0 Å². The molecule has 0 saturated heterocycles. The maximum atomic E-state index is 15.3. The molecule has 1 aliphatic carbocycles. The third kappa shape index (κ3) is 28.2. The minimum Gasteiger partial charge on any atom is -0.493 e. The van der Waals surface area contributed by atoms with Gasteiger partial charge in [0.15, 0.2) is 0 Å². The van der Waals surface area contributed by atoms with Crippen LogP contribution in [0.4, 0.5) is 64.7 Å². The molecule has 0 radical (unpaired) electrons. The highest BCUT2D eigenvalue weighted by molar-refractivity contribution is 6.03. The maximum Gasteiger partial charge on any atom is 0.323 e. The van der Waals surface area contributed by atoms with Crippen molar-refractivity contribution in [3.05, 3.63) is 166 Å². The number of carbonyl (C=O) groups excluding carboxylic acids is 4. The molecule has 664 valence electrons. The molecule has 0 aromatic heterocycles. The quantitative estimate of drug-likeness (QED) is 0.0329. The van der Waals surface area contributed by atoms with Gasteiger partial charge in [-0.2, -0.15) is 0 Å². The van der Waals surface area contributed by atoms with Crippen molar-refractivity contribution in [1.29, 1.82) is 0 Å². The third-order valence-electron chi connectivity index (χ3n) is 22.4. The Kier molecular flexibility index (Phi) is 34.8. The van der Waals surface area contributed by atoms with Crippen molar-refractivity contribution in [2.45, 2.75) is 233 Å². The average molecular weight is 1700 g/mol. The predicted molar refractivity (Wildman–Crippen MR) is 491 cm³/mol. The zero-order chi connectivity index (χ0) is 85.9. The first kappa shape index (κ1) is 90.2. The Hall–Kier alpha value is -11.6. The van der Waals surface area contributed by atoms with Crippen LogP contribution < -0.4 is 99.4 Å². The van der Waals surface area contributed by atoms with Gasteiger partial charge < -0.3 is 99.4 Å². The van der Waals surface area contributed by atoms with Crippen molar-refractivity contribution in [3.8, 4) is 69.0 Å². The van der Waals surface area contributed by atoms with E-state index < -0.39 is 24.1 Å². The van der Waals surface area contributed by atoms with Crippen molar-refractivity contribution in [2.75, 3.05) is 122 Å². The van der Waals surface area contributed by atoms with Gasteiger partial charge in [-0.25, -0.2) is 19.2 Å². The Balaban J connectivity index is 1.09. The van der Waals surface area contributed by atoms with Crippen molar-refractivity contribution in [2.24, 2.45) is 0 Å². The Morgan fingerprint density at radius 1 is 0.210 bits per heavy atom. The summed E-state index contributed by atoms with van der Waals surface area (Å²) in [4.78, 5) is 61.1. The number of amides is 8. The van der Waals surface area contributed by atoms with Gasteiger partial charge in [0.25, 0.3) is 0 Å². The predicted octanol–water partition coefficient (Wildman–Crippen LogP) is 24.5. The lowest BCUT2D eigenvalue weighted by molar-refractivity contribution is 0.261. The highest BCUT2D eigenvalue weighted by Crippen LogP contribution is 2.45. The van der Waals surface area contributed by atoms with Crippen LogP contribution in [0.1, 0.15) is 252 Å². The summed E-state index contributed by atoms with van der Waals surface area (Å²) in [5.74, 6) is 6.65. The summed E-state index contributed by atoms with van der Waals surface area (Å²) in [6.45, 7) is 13.4. The molecule has 0 spiro atoms. The highest BCUT2D eigenvalue weighted by Gasteiger charge is 2.28. The summed E-state index contributed by atoms with van der Waals surface area (Å²) in [7, 11) is 0. The summed E-state index contributed by atoms with van der Waals surface area (Å²) in [5, 5.41) is 25.9. The Labute approximate surface area is 731 Å². The molecule has 13 rings (SSSR count). The van der Waals surface area contributed by atoms with Gasteiger partial charge in [-0.15, -0.1) is 0 Å². The fourth-order valence-electron chi connectivity index (χ4n) is 16.2. The normalized spacial score (nSPS) is 16.0. The molecule has 24 heteroatoms. The van der Waals surface area contributed by atoms with E-state index in [0.29, 0.717) is 238 Å². The lowest BCUT2D eigenvalue weighted by Gasteiger charge is -2.25. The van der Waals surface area contributed by atoms with Crippen molar-refractivity contribution < 1.29 is 76.0 Å². The van der Waals surface area contributed by atoms with Gasteiger partial charge in [0.2, 0.25) is 0 Å². The zero-order valence-electron chi connectivity index (χ0n) is 73.2. The Morgan fingerprint density at radius 3 is 0.516 bits per heavy atom. The second-order valence-corrected chi connectivity index (χ2v) is 33.0. The van der Waals surface area contributed by atoms with Gasteiger partial charge in [0, 0.05) is 188 Å². The van der Waals surface area contributed by atoms with E-state index in [2.05, 4.69) is 70.2 Å². The molecule has 4 heterocycles. The Morgan fingerprint density at radius 2 is 0.363 bits per heavy atom. The van der Waals surface area contributed by atoms with Gasteiger partial charge in [-0.3, -0.25) is 0 Å². The average Bonchev–Trinajstić information content (AvgIpc) is 0.769. The molecule has 124 heavy (non-hydrogen) atoms. The molecule has 8 aromatic carbocycles. The fourth-order valence-corrected chi connectivity index (χ4v) is 16.2. The van der Waals surface area contributed by atoms with Crippen LogP contribution in [0.3, 0.4) is 0 Å². The number of hydrogen-bond acceptors (Lipinski definition) is 16. The van der Waals surface area contributed by atoms with Crippen LogP contribution in [-0.4, -0.2) is 103 Å². The fraction of sp³-hybridized carbons (Fsp3) is 0.480. The largest absolute Gasteiger partial charge is 0.493 e. The maximum absolute atomic E-state index is 15.3. The molecule has 8 amide bonds. The van der Waals surface area contributed by atoms with Crippen LogP contribution in [-0.2, 0) is 25.7 Å². The number of nitrogens with one attached hydrogen (secondary N) is 8. The minimum absolute atomic E-state index is 0.138. The van der Waals surface area contributed by atoms with Crippen LogP contribution in [0.25, 0.3) is 0 Å². The molecule has 0 unspecified atom stereocenters. The molecular formula is C100H128N8O16. The molecule has 8 aromatic rings. The van der Waals surface area contributed by atoms with Crippen LogP contribution in [0, 0.1) is 0 Å². The van der Waals surface area contributed by atoms with E-state index in [0.717, 1.165) is 180 Å². The van der Waals surface area contributed by atoms with Crippen molar-refractivity contribution in [3.63, 3.8) is 0 Å². The number of ether oxygens (including phenoxy) is 12. The summed E-state index contributed by atoms with van der Waals surface area (Å²) in [6, 6.07) is 35.7. The second-order valence-electron chi connectivity index (χ2n) is 33.0. The number of unbranched alkanes of at least 4 members (excludes halogenated alkanes) is 8. The van der Waals surface area contributed by atoms with Crippen molar-refractivity contribution in [1.82, 2.24) is 0 Å². The number of carbonyl (C=O) groups is 4. The first-order chi connectivity index (χ1) is 60.8. The smallest absolute Gasteiger partial charge is 0.323 e. The first-order valence-corrected chi connectivity index (χ1v) is 45.9. The topological polar surface area (TPSA) is 275 Å². The van der Waals surface area contributed by atoms with Crippen molar-refractivity contribution >= 4 is 69.6 Å². The summed E-state index contributed by atoms with van der Waals surface area (Å²) in [5.41, 5.74) is 9.17. The molecule has 4 aliphatic heterocycles. The molecule has 24 bridgehead atoms. The highest BCUT2D eigenvalue weighted by atomic mass is 16.5. The number of hydrogen-bond donors (Lipinski definition) is 8. The molecule has 8 N–H and O–H groups in total. The van der Waals surface area contributed by atoms with E-state index >= 15 is 19.2 Å². The van der Waals surface area contributed by atoms with Crippen LogP contribution in [0.15, 0.2) is 121 Å². The Bertz CT molecular complexity index is 4040. The molecule has 0 fully saturated rings. The number of anilines is 8. The minimum atomic E-state index is -0.525. The number of rotatable bonds is 20. The third-order valence-corrected chi connectivity index (χ3v) is 22.4.